The highest BCUT2D eigenvalue weighted by molar-refractivity contribution is 6.31. The smallest absolute Gasteiger partial charge is 0.294 e. The molecule has 1 aromatic carbocycles. The fourth-order valence-corrected chi connectivity index (χ4v) is 2.91. The van der Waals surface area contributed by atoms with E-state index >= 15 is 0 Å². The Morgan fingerprint density at radius 2 is 2.29 bits per heavy atom. The molecule has 0 saturated carbocycles. The molecule has 1 fully saturated rings. The summed E-state index contributed by atoms with van der Waals surface area (Å²) in [6.07, 6.45) is 0.0943. The van der Waals surface area contributed by atoms with Crippen molar-refractivity contribution in [3.05, 3.63) is 39.4 Å². The Kier molecular flexibility index (Phi) is 2.78. The first kappa shape index (κ1) is 12.8. The van der Waals surface area contributed by atoms with Crippen LogP contribution in [0.25, 0.3) is 22.1 Å². The van der Waals surface area contributed by atoms with Crippen LogP contribution in [0, 0.1) is 0 Å². The van der Waals surface area contributed by atoms with Gasteiger partial charge in [-0.25, -0.2) is 4.98 Å². The number of hydrogen-bond acceptors (Lipinski definition) is 5. The molecule has 3 heterocycles. The number of aromatic nitrogens is 2. The second-order valence-electron chi connectivity index (χ2n) is 5.22. The molecule has 7 heteroatoms. The maximum Gasteiger partial charge on any atom is 0.294 e. The van der Waals surface area contributed by atoms with Gasteiger partial charge in [0.15, 0.2) is 0 Å². The van der Waals surface area contributed by atoms with E-state index in [-0.39, 0.29) is 17.2 Å². The molecular formula is C14H12ClN3O3. The molecule has 1 aliphatic rings. The Balaban J connectivity index is 1.97. The van der Waals surface area contributed by atoms with E-state index in [4.69, 9.17) is 16.0 Å². The Hall–Kier alpha value is -1.89. The number of nitrogens with one attached hydrogen (secondary N) is 2. The van der Waals surface area contributed by atoms with Crippen molar-refractivity contribution in [3.8, 4) is 0 Å². The van der Waals surface area contributed by atoms with Gasteiger partial charge in [0.1, 0.15) is 16.9 Å². The van der Waals surface area contributed by atoms with Crippen LogP contribution in [0.15, 0.2) is 27.4 Å². The lowest BCUT2D eigenvalue weighted by atomic mass is 10.2. The van der Waals surface area contributed by atoms with Gasteiger partial charge in [-0.05, 0) is 24.6 Å². The molecule has 3 N–H and O–H groups in total. The number of rotatable bonds is 1. The van der Waals surface area contributed by atoms with Crippen molar-refractivity contribution in [2.24, 2.45) is 0 Å². The lowest BCUT2D eigenvalue weighted by Gasteiger charge is -2.08. The zero-order chi connectivity index (χ0) is 14.6. The predicted octanol–water partition coefficient (Wildman–Crippen LogP) is 1.72. The van der Waals surface area contributed by atoms with E-state index in [9.17, 15) is 9.90 Å². The lowest BCUT2D eigenvalue weighted by Crippen LogP contribution is -2.20. The minimum atomic E-state index is -0.425. The van der Waals surface area contributed by atoms with Crippen LogP contribution in [-0.4, -0.2) is 27.7 Å². The van der Waals surface area contributed by atoms with E-state index in [1.165, 1.54) is 0 Å². The number of hydrogen-bond donors (Lipinski definition) is 3. The summed E-state index contributed by atoms with van der Waals surface area (Å²) >= 11 is 6.00. The van der Waals surface area contributed by atoms with Crippen molar-refractivity contribution < 1.29 is 9.52 Å². The summed E-state index contributed by atoms with van der Waals surface area (Å²) in [5.74, 6) is 0.506. The monoisotopic (exact) mass is 305 g/mol. The van der Waals surface area contributed by atoms with E-state index in [2.05, 4.69) is 15.3 Å². The van der Waals surface area contributed by atoms with Gasteiger partial charge in [0.05, 0.1) is 12.1 Å². The van der Waals surface area contributed by atoms with E-state index in [0.717, 1.165) is 0 Å². The highest BCUT2D eigenvalue weighted by Gasteiger charge is 2.26. The summed E-state index contributed by atoms with van der Waals surface area (Å²) < 4.78 is 5.54. The normalized spacial score (nSPS) is 22.4. The Morgan fingerprint density at radius 3 is 3.05 bits per heavy atom. The minimum Gasteiger partial charge on any atom is -0.449 e. The molecule has 1 aliphatic heterocycles. The first-order chi connectivity index (χ1) is 10.1. The lowest BCUT2D eigenvalue weighted by molar-refractivity contribution is 0.193. The average Bonchev–Trinajstić information content (AvgIpc) is 3.03. The van der Waals surface area contributed by atoms with Crippen molar-refractivity contribution in [3.63, 3.8) is 0 Å². The van der Waals surface area contributed by atoms with Gasteiger partial charge in [0, 0.05) is 17.0 Å². The molecule has 108 valence electrons. The van der Waals surface area contributed by atoms with Gasteiger partial charge in [-0.1, -0.05) is 11.6 Å². The van der Waals surface area contributed by atoms with Crippen molar-refractivity contribution in [1.29, 1.82) is 0 Å². The van der Waals surface area contributed by atoms with Gasteiger partial charge in [-0.3, -0.25) is 4.79 Å². The first-order valence-corrected chi connectivity index (χ1v) is 7.03. The van der Waals surface area contributed by atoms with Crippen LogP contribution in [0.5, 0.6) is 0 Å². The fraction of sp³-hybridized carbons (Fsp3) is 0.286. The minimum absolute atomic E-state index is 0.166. The summed E-state index contributed by atoms with van der Waals surface area (Å²) in [5.41, 5.74) is 0.929. The van der Waals surface area contributed by atoms with Gasteiger partial charge in [-0.15, -0.1) is 0 Å². The van der Waals surface area contributed by atoms with Crippen LogP contribution in [0.1, 0.15) is 18.3 Å². The van der Waals surface area contributed by atoms with Crippen LogP contribution < -0.4 is 10.9 Å². The van der Waals surface area contributed by atoms with E-state index < -0.39 is 6.10 Å². The van der Waals surface area contributed by atoms with Gasteiger partial charge in [-0.2, -0.15) is 0 Å². The number of aliphatic hydroxyl groups excluding tert-OH is 1. The van der Waals surface area contributed by atoms with Crippen molar-refractivity contribution >= 4 is 33.7 Å². The van der Waals surface area contributed by atoms with Crippen LogP contribution in [0.2, 0.25) is 5.02 Å². The molecule has 21 heavy (non-hydrogen) atoms. The molecular weight excluding hydrogens is 294 g/mol. The molecule has 0 radical (unpaired) electrons. The number of aliphatic hydroxyl groups is 1. The molecule has 2 aromatic heterocycles. The third-order valence-corrected chi connectivity index (χ3v) is 3.98. The van der Waals surface area contributed by atoms with Gasteiger partial charge < -0.3 is 19.8 Å². The fourth-order valence-electron chi connectivity index (χ4n) is 2.73. The first-order valence-electron chi connectivity index (χ1n) is 6.65. The summed E-state index contributed by atoms with van der Waals surface area (Å²) in [5, 5.41) is 14.0. The van der Waals surface area contributed by atoms with Gasteiger partial charge in [0.2, 0.25) is 5.58 Å². The molecule has 0 bridgehead atoms. The average molecular weight is 306 g/mol. The van der Waals surface area contributed by atoms with Crippen molar-refractivity contribution in [2.75, 3.05) is 6.54 Å². The molecule has 0 unspecified atom stereocenters. The number of fused-ring (bicyclic) bond motifs is 3. The summed E-state index contributed by atoms with van der Waals surface area (Å²) in [4.78, 5) is 19.4. The number of nitrogens with zero attached hydrogens (tertiary/aromatic N) is 1. The number of H-pyrrole nitrogens is 1. The third kappa shape index (κ3) is 2.03. The van der Waals surface area contributed by atoms with E-state index in [0.29, 0.717) is 40.3 Å². The highest BCUT2D eigenvalue weighted by atomic mass is 35.5. The van der Waals surface area contributed by atoms with Crippen molar-refractivity contribution in [2.45, 2.75) is 18.6 Å². The van der Waals surface area contributed by atoms with Crippen LogP contribution in [0.3, 0.4) is 0 Å². The van der Waals surface area contributed by atoms with Crippen molar-refractivity contribution in [1.82, 2.24) is 15.3 Å². The second-order valence-corrected chi connectivity index (χ2v) is 5.66. The molecule has 0 aliphatic carbocycles. The summed E-state index contributed by atoms with van der Waals surface area (Å²) in [6, 6.07) is 4.99. The van der Waals surface area contributed by atoms with Crippen LogP contribution >= 0.6 is 11.6 Å². The summed E-state index contributed by atoms with van der Waals surface area (Å²) in [6.45, 7) is 0.490. The highest BCUT2D eigenvalue weighted by Crippen LogP contribution is 2.29. The van der Waals surface area contributed by atoms with Gasteiger partial charge >= 0.3 is 0 Å². The molecule has 3 aromatic rings. The predicted molar refractivity (Wildman–Crippen MR) is 78.5 cm³/mol. The molecule has 0 spiro atoms. The Morgan fingerprint density at radius 1 is 1.43 bits per heavy atom. The standard InChI is InChI=1S/C14H12ClN3O3/c15-6-1-2-10-8(3-6)11-12(21-10)14(20)18-13(17-11)9-4-7(19)5-16-9/h1-3,7,9,16,19H,4-5H2,(H,17,18,20)/t7-,9-/m0/s1. The number of halogens is 1. The number of furan rings is 1. The Labute approximate surface area is 123 Å². The molecule has 4 rings (SSSR count). The van der Waals surface area contributed by atoms with Crippen LogP contribution in [-0.2, 0) is 0 Å². The maximum absolute atomic E-state index is 12.2. The molecule has 0 amide bonds. The maximum atomic E-state index is 12.2. The SMILES string of the molecule is O=c1[nH]c([C@@H]2C[C@H](O)CN2)nc2c1oc1ccc(Cl)cc12. The number of aromatic amines is 1. The third-order valence-electron chi connectivity index (χ3n) is 3.74. The van der Waals surface area contributed by atoms with Gasteiger partial charge in [0.25, 0.3) is 5.56 Å². The molecule has 1 saturated heterocycles. The number of β-amino-alcohol motifs (C(OH)–C–C–N with tert-alkyl or cyclic N) is 1. The Bertz CT molecular complexity index is 901. The van der Waals surface area contributed by atoms with E-state index in [1.807, 2.05) is 0 Å². The van der Waals surface area contributed by atoms with Crippen LogP contribution in [0.4, 0.5) is 0 Å². The summed E-state index contributed by atoms with van der Waals surface area (Å²) in [7, 11) is 0. The largest absolute Gasteiger partial charge is 0.449 e. The topological polar surface area (TPSA) is 91.2 Å². The zero-order valence-electron chi connectivity index (χ0n) is 10.9. The quantitative estimate of drug-likeness (QED) is 0.637. The second kappa shape index (κ2) is 4.56. The number of benzene rings is 1. The molecule has 2 atom stereocenters. The van der Waals surface area contributed by atoms with E-state index in [1.54, 1.807) is 18.2 Å². The zero-order valence-corrected chi connectivity index (χ0v) is 11.6. The molecule has 6 nitrogen and oxygen atoms in total.